The van der Waals surface area contributed by atoms with Crippen LogP contribution in [0.2, 0.25) is 0 Å². The van der Waals surface area contributed by atoms with E-state index in [1.54, 1.807) is 14.0 Å². The van der Waals surface area contributed by atoms with Crippen LogP contribution in [0, 0.1) is 0 Å². The van der Waals surface area contributed by atoms with Crippen LogP contribution in [0.5, 0.6) is 5.75 Å². The zero-order valence-corrected chi connectivity index (χ0v) is 29.6. The van der Waals surface area contributed by atoms with Gasteiger partial charge in [-0.05, 0) is 99.6 Å². The number of methoxy groups -OCH3 is 1. The number of hydrogen-bond donors (Lipinski definition) is 3. The largest absolute Gasteiger partial charge is 0.497 e. The third-order valence-corrected chi connectivity index (χ3v) is 7.96. The van der Waals surface area contributed by atoms with E-state index in [4.69, 9.17) is 4.74 Å². The van der Waals surface area contributed by atoms with Gasteiger partial charge in [-0.1, -0.05) is 104 Å². The molecule has 0 aliphatic heterocycles. The number of benzene rings is 2. The van der Waals surface area contributed by atoms with Gasteiger partial charge in [0.15, 0.2) is 0 Å². The van der Waals surface area contributed by atoms with Crippen LogP contribution in [0.4, 0.5) is 0 Å². The molecular weight excluding hydrogens is 612 g/mol. The molecule has 0 aliphatic rings. The molecule has 0 aromatic heterocycles. The number of unbranched alkanes of at least 4 members (excludes halogenated alkanes) is 1. The highest BCUT2D eigenvalue weighted by Gasteiger charge is 2.23. The molecule has 264 valence electrons. The molecular formula is C42H56N2O5. The summed E-state index contributed by atoms with van der Waals surface area (Å²) >= 11 is 0. The third-order valence-electron chi connectivity index (χ3n) is 7.96. The Labute approximate surface area is 293 Å². The minimum Gasteiger partial charge on any atom is -0.497 e. The van der Waals surface area contributed by atoms with E-state index in [2.05, 4.69) is 84.4 Å². The molecule has 1 unspecified atom stereocenters. The van der Waals surface area contributed by atoms with E-state index in [1.807, 2.05) is 42.5 Å². The molecule has 0 spiro atoms. The molecule has 0 saturated carbocycles. The van der Waals surface area contributed by atoms with Crippen molar-refractivity contribution in [1.82, 2.24) is 10.6 Å². The highest BCUT2D eigenvalue weighted by atomic mass is 16.5. The number of amides is 2. The number of carboxylic acids is 1. The van der Waals surface area contributed by atoms with Gasteiger partial charge in [0.1, 0.15) is 11.8 Å². The predicted molar refractivity (Wildman–Crippen MR) is 203 cm³/mol. The first-order valence-corrected chi connectivity index (χ1v) is 17.6. The molecule has 2 rings (SSSR count). The minimum atomic E-state index is -1.06. The number of nitrogens with one attached hydrogen (secondary N) is 2. The van der Waals surface area contributed by atoms with Gasteiger partial charge >= 0.3 is 5.97 Å². The van der Waals surface area contributed by atoms with Gasteiger partial charge in [0.05, 0.1) is 13.0 Å². The molecule has 49 heavy (non-hydrogen) atoms. The molecule has 7 nitrogen and oxygen atoms in total. The molecule has 0 heterocycles. The summed E-state index contributed by atoms with van der Waals surface area (Å²) in [4.78, 5) is 36.9. The zero-order valence-electron chi connectivity index (χ0n) is 29.6. The van der Waals surface area contributed by atoms with Crippen molar-refractivity contribution in [2.45, 2.75) is 96.4 Å². The van der Waals surface area contributed by atoms with Gasteiger partial charge in [-0.2, -0.15) is 0 Å². The highest BCUT2D eigenvalue weighted by Crippen LogP contribution is 2.25. The zero-order chi connectivity index (χ0) is 35.5. The lowest BCUT2D eigenvalue weighted by Crippen LogP contribution is -2.42. The lowest BCUT2D eigenvalue weighted by atomic mass is 9.96. The molecule has 0 fully saturated rings. The number of carboxylic acid groups (broad SMARTS) is 1. The summed E-state index contributed by atoms with van der Waals surface area (Å²) in [5.74, 6) is -1.16. The van der Waals surface area contributed by atoms with Gasteiger partial charge in [-0.25, -0.2) is 4.79 Å². The van der Waals surface area contributed by atoms with Crippen LogP contribution in [0.3, 0.4) is 0 Å². The average Bonchev–Trinajstić information content (AvgIpc) is 3.10. The Morgan fingerprint density at radius 1 is 0.755 bits per heavy atom. The van der Waals surface area contributed by atoms with E-state index in [-0.39, 0.29) is 11.8 Å². The monoisotopic (exact) mass is 668 g/mol. The Hall–Kier alpha value is -4.65. The van der Waals surface area contributed by atoms with Crippen molar-refractivity contribution in [3.63, 3.8) is 0 Å². The second kappa shape index (κ2) is 25.4. The molecule has 2 aromatic carbocycles. The van der Waals surface area contributed by atoms with Crippen LogP contribution < -0.4 is 15.4 Å². The van der Waals surface area contributed by atoms with Crippen molar-refractivity contribution in [1.29, 1.82) is 0 Å². The predicted octanol–water partition coefficient (Wildman–Crippen LogP) is 9.29. The normalized spacial score (nSPS) is 13.4. The Bertz CT molecular complexity index is 1470. The summed E-state index contributed by atoms with van der Waals surface area (Å²) in [5.41, 5.74) is 0.811. The number of carbonyl (C=O) groups excluding carboxylic acids is 2. The summed E-state index contributed by atoms with van der Waals surface area (Å²) in [6, 6.07) is 10.5. The van der Waals surface area contributed by atoms with Crippen LogP contribution in [0.15, 0.2) is 109 Å². The van der Waals surface area contributed by atoms with Gasteiger partial charge < -0.3 is 20.5 Å². The number of hydrogen-bond acceptors (Lipinski definition) is 4. The summed E-state index contributed by atoms with van der Waals surface area (Å²) in [6.45, 7) is 4.39. The van der Waals surface area contributed by atoms with Gasteiger partial charge in [0.2, 0.25) is 11.8 Å². The molecule has 2 aromatic rings. The summed E-state index contributed by atoms with van der Waals surface area (Å²) in [7, 11) is 1.62. The van der Waals surface area contributed by atoms with Crippen molar-refractivity contribution in [3.05, 3.63) is 115 Å². The molecule has 0 saturated heterocycles. The molecule has 2 amide bonds. The van der Waals surface area contributed by atoms with Crippen LogP contribution in [-0.4, -0.2) is 42.6 Å². The van der Waals surface area contributed by atoms with E-state index in [1.165, 1.54) is 0 Å². The molecule has 0 bridgehead atoms. The fourth-order valence-electron chi connectivity index (χ4n) is 4.99. The summed E-state index contributed by atoms with van der Waals surface area (Å²) in [6.07, 6.45) is 34.2. The van der Waals surface area contributed by atoms with E-state index >= 15 is 0 Å². The average molecular weight is 669 g/mol. The van der Waals surface area contributed by atoms with E-state index in [0.29, 0.717) is 38.6 Å². The first-order chi connectivity index (χ1) is 23.8. The fourth-order valence-corrected chi connectivity index (χ4v) is 4.99. The maximum absolute atomic E-state index is 12.9. The molecule has 2 atom stereocenters. The number of allylic oxidation sites excluding steroid dienone is 12. The van der Waals surface area contributed by atoms with Crippen LogP contribution in [-0.2, 0) is 14.4 Å². The minimum absolute atomic E-state index is 0.0229. The Morgan fingerprint density at radius 3 is 1.88 bits per heavy atom. The number of ether oxygens (including phenoxy) is 1. The Balaban J connectivity index is 1.55. The Morgan fingerprint density at radius 2 is 1.31 bits per heavy atom. The lowest BCUT2D eigenvalue weighted by Gasteiger charge is -2.18. The molecule has 7 heteroatoms. The number of fused-ring (bicyclic) bond motifs is 1. The van der Waals surface area contributed by atoms with E-state index in [9.17, 15) is 19.5 Å². The first kappa shape index (κ1) is 40.5. The summed E-state index contributed by atoms with van der Waals surface area (Å²) < 4.78 is 5.27. The smallest absolute Gasteiger partial charge is 0.326 e. The second-order valence-electron chi connectivity index (χ2n) is 11.9. The second-order valence-corrected chi connectivity index (χ2v) is 11.9. The van der Waals surface area contributed by atoms with Crippen LogP contribution >= 0.6 is 0 Å². The Kier molecular flexibility index (Phi) is 21.0. The van der Waals surface area contributed by atoms with Crippen molar-refractivity contribution >= 4 is 28.6 Å². The van der Waals surface area contributed by atoms with Gasteiger partial charge in [0, 0.05) is 13.0 Å². The summed E-state index contributed by atoms with van der Waals surface area (Å²) in [5, 5.41) is 17.2. The van der Waals surface area contributed by atoms with Crippen molar-refractivity contribution in [2.24, 2.45) is 0 Å². The maximum Gasteiger partial charge on any atom is 0.326 e. The quantitative estimate of drug-likeness (QED) is 0.0764. The highest BCUT2D eigenvalue weighted by molar-refractivity contribution is 5.90. The lowest BCUT2D eigenvalue weighted by molar-refractivity contribution is -0.142. The molecule has 0 radical (unpaired) electrons. The van der Waals surface area contributed by atoms with E-state index < -0.39 is 17.9 Å². The molecule has 3 N–H and O–H groups in total. The number of carbonyl (C=O) groups is 3. The van der Waals surface area contributed by atoms with Crippen molar-refractivity contribution < 1.29 is 24.2 Å². The van der Waals surface area contributed by atoms with Gasteiger partial charge in [0.25, 0.3) is 0 Å². The van der Waals surface area contributed by atoms with Crippen LogP contribution in [0.25, 0.3) is 10.8 Å². The fraction of sp³-hybridized carbons (Fsp3) is 0.405. The van der Waals surface area contributed by atoms with Gasteiger partial charge in [-0.15, -0.1) is 0 Å². The van der Waals surface area contributed by atoms with Crippen molar-refractivity contribution in [2.75, 3.05) is 13.7 Å². The standard InChI is InChI=1S/C42H56N2O5/c1-4-5-6-7-8-9-10-11-12-13-14-15-16-17-18-19-20-21-22-26-40(45)43-31-24-23-25-39(42(47)48)44-41(46)34(2)35-27-28-37-33-38(49-3)30-29-36(37)32-35/h5-6,8-9,11-12,14-15,17-18,20-21,27-30,32-34,39H,4,7,10,13,16,19,22-26,31H2,1-3H3,(H,43,45)(H,44,46)(H,47,48)/b6-5-,9-8-,12-11-,15-14-,18-17-,21-20-/t34-,39?/m0/s1. The van der Waals surface area contributed by atoms with E-state index in [0.717, 1.165) is 60.6 Å². The first-order valence-electron chi connectivity index (χ1n) is 17.6. The molecule has 0 aliphatic carbocycles. The topological polar surface area (TPSA) is 105 Å². The number of rotatable bonds is 24. The van der Waals surface area contributed by atoms with Gasteiger partial charge in [-0.3, -0.25) is 9.59 Å². The number of aliphatic carboxylic acids is 1. The third kappa shape index (κ3) is 17.9. The maximum atomic E-state index is 12.9. The van der Waals surface area contributed by atoms with Crippen LogP contribution in [0.1, 0.15) is 96.0 Å². The SMILES string of the molecule is CC/C=C\C/C=C\C/C=C\C/C=C\C/C=C\C/C=C\CCC(=O)NCCCCC(NC(=O)[C@@H](C)c1ccc2cc(OC)ccc2c1)C(=O)O. The van der Waals surface area contributed by atoms with Crippen molar-refractivity contribution in [3.8, 4) is 5.75 Å².